The number of hydrogen-bond donors (Lipinski definition) is 4. The van der Waals surface area contributed by atoms with Crippen LogP contribution in [0, 0.1) is 13.8 Å². The summed E-state index contributed by atoms with van der Waals surface area (Å²) in [4.78, 5) is 19.1. The van der Waals surface area contributed by atoms with E-state index in [1.165, 1.54) is 0 Å². The van der Waals surface area contributed by atoms with Gasteiger partial charge in [-0.25, -0.2) is 9.59 Å². The van der Waals surface area contributed by atoms with E-state index in [1.54, 1.807) is 0 Å². The minimum Gasteiger partial charge on any atom is -0.490 e. The van der Waals surface area contributed by atoms with Gasteiger partial charge in [-0.2, -0.15) is 0 Å². The number of carbonyl (C=O) groups is 2. The molecule has 4 N–H and O–H groups in total. The first-order valence-corrected chi connectivity index (χ1v) is 22.5. The molecule has 0 saturated heterocycles. The third-order valence-corrected chi connectivity index (χ3v) is 10.3. The molecule has 0 aliphatic rings. The fourth-order valence-electron chi connectivity index (χ4n) is 6.38. The van der Waals surface area contributed by atoms with Crippen molar-refractivity contribution < 1.29 is 38.7 Å². The van der Waals surface area contributed by atoms with Crippen molar-refractivity contribution in [3.05, 3.63) is 213 Å². The molecule has 0 spiro atoms. The van der Waals surface area contributed by atoms with Crippen molar-refractivity contribution in [3.8, 4) is 11.5 Å². The molecule has 0 aliphatic heterocycles. The first kappa shape index (κ1) is 52.6. The molecule has 0 aliphatic carbocycles. The summed E-state index contributed by atoms with van der Waals surface area (Å²) < 4.78 is 24.2. The van der Waals surface area contributed by atoms with Crippen LogP contribution < -0.4 is 20.1 Å². The minimum absolute atomic E-state index is 0.0724. The summed E-state index contributed by atoms with van der Waals surface area (Å²) in [5, 5.41) is 23.8. The highest BCUT2D eigenvalue weighted by Gasteiger charge is 2.16. The number of hydrogen-bond acceptors (Lipinski definition) is 8. The SMILES string of the molecule is Cc1ccc(Cl)c(OCC(C)NCCOC(c2ccccc2)c2ccccc2)c1.Cc1ccc(Cl)c(OCC(C)NCCOC(c2ccccc2)c2ccccc2)c1.O=C(O)/C=C/C(=O)O. The first-order valence-electron chi connectivity index (χ1n) is 21.7. The molecule has 0 bridgehead atoms. The Bertz CT molecular complexity index is 2090. The molecular formula is C54H60Cl2N2O8. The zero-order chi connectivity index (χ0) is 47.5. The second kappa shape index (κ2) is 29.5. The topological polar surface area (TPSA) is 136 Å². The lowest BCUT2D eigenvalue weighted by molar-refractivity contribution is -0.134. The summed E-state index contributed by atoms with van der Waals surface area (Å²) >= 11 is 12.4. The van der Waals surface area contributed by atoms with E-state index in [9.17, 15) is 9.59 Å². The van der Waals surface area contributed by atoms with Crippen LogP contribution in [0.4, 0.5) is 0 Å². The number of carboxylic acid groups (broad SMARTS) is 2. The van der Waals surface area contributed by atoms with Crippen molar-refractivity contribution in [2.24, 2.45) is 0 Å². The van der Waals surface area contributed by atoms with Crippen molar-refractivity contribution in [1.29, 1.82) is 0 Å². The molecule has 6 aromatic carbocycles. The van der Waals surface area contributed by atoms with Gasteiger partial charge in [0.2, 0.25) is 0 Å². The average molecular weight is 936 g/mol. The van der Waals surface area contributed by atoms with E-state index in [4.69, 9.17) is 52.4 Å². The van der Waals surface area contributed by atoms with Gasteiger partial charge in [0.25, 0.3) is 0 Å². The van der Waals surface area contributed by atoms with Crippen molar-refractivity contribution >= 4 is 35.1 Å². The van der Waals surface area contributed by atoms with Gasteiger partial charge in [-0.3, -0.25) is 0 Å². The average Bonchev–Trinajstić information content (AvgIpc) is 3.33. The summed E-state index contributed by atoms with van der Waals surface area (Å²) in [5.74, 6) is -1.06. The molecule has 2 unspecified atom stereocenters. The van der Waals surface area contributed by atoms with E-state index >= 15 is 0 Å². The lowest BCUT2D eigenvalue weighted by Crippen LogP contribution is -2.34. The first-order chi connectivity index (χ1) is 31.9. The Labute approximate surface area is 399 Å². The molecule has 0 fully saturated rings. The Morgan fingerprint density at radius 2 is 0.818 bits per heavy atom. The van der Waals surface area contributed by atoms with Gasteiger partial charge >= 0.3 is 11.9 Å². The molecule has 0 aromatic heterocycles. The summed E-state index contributed by atoms with van der Waals surface area (Å²) in [7, 11) is 0. The maximum absolute atomic E-state index is 9.55. The van der Waals surface area contributed by atoms with Crippen molar-refractivity contribution in [2.45, 2.75) is 52.0 Å². The molecule has 10 nitrogen and oxygen atoms in total. The van der Waals surface area contributed by atoms with Gasteiger partial charge in [0.15, 0.2) is 0 Å². The molecule has 6 aromatic rings. The molecule has 0 radical (unpaired) electrons. The highest BCUT2D eigenvalue weighted by Crippen LogP contribution is 2.28. The summed E-state index contributed by atoms with van der Waals surface area (Å²) in [6, 6.07) is 53.3. The molecule has 66 heavy (non-hydrogen) atoms. The number of aryl methyl sites for hydroxylation is 2. The van der Waals surface area contributed by atoms with Crippen LogP contribution in [0.2, 0.25) is 10.0 Å². The van der Waals surface area contributed by atoms with Gasteiger partial charge in [-0.05, 0) is 85.3 Å². The number of aliphatic carboxylic acids is 2. The predicted octanol–water partition coefficient (Wildman–Crippen LogP) is 11.3. The number of benzene rings is 6. The molecule has 0 amide bonds. The number of ether oxygens (including phenoxy) is 4. The molecular weight excluding hydrogens is 876 g/mol. The second-order valence-electron chi connectivity index (χ2n) is 15.4. The Kier molecular flexibility index (Phi) is 23.6. The molecule has 348 valence electrons. The van der Waals surface area contributed by atoms with Crippen molar-refractivity contribution in [2.75, 3.05) is 39.5 Å². The van der Waals surface area contributed by atoms with E-state index in [1.807, 2.05) is 123 Å². The van der Waals surface area contributed by atoms with Gasteiger partial charge in [0.05, 0.1) is 23.3 Å². The van der Waals surface area contributed by atoms with Crippen LogP contribution in [0.5, 0.6) is 11.5 Å². The molecule has 6 rings (SSSR count). The van der Waals surface area contributed by atoms with Crippen molar-refractivity contribution in [1.82, 2.24) is 10.6 Å². The third kappa shape index (κ3) is 20.0. The molecule has 2 atom stereocenters. The van der Waals surface area contributed by atoms with Crippen molar-refractivity contribution in [3.63, 3.8) is 0 Å². The van der Waals surface area contributed by atoms with E-state index in [-0.39, 0.29) is 24.3 Å². The Morgan fingerprint density at radius 3 is 1.11 bits per heavy atom. The number of halogens is 2. The van der Waals surface area contributed by atoms with E-state index in [0.29, 0.717) is 48.6 Å². The number of carboxylic acids is 2. The fourth-order valence-corrected chi connectivity index (χ4v) is 6.72. The minimum atomic E-state index is -1.26. The Hall–Kier alpha value is -5.98. The van der Waals surface area contributed by atoms with E-state index in [2.05, 4.69) is 73.0 Å². The quantitative estimate of drug-likeness (QED) is 0.0385. The van der Waals surface area contributed by atoms with Crippen LogP contribution in [0.3, 0.4) is 0 Å². The van der Waals surface area contributed by atoms with Gasteiger partial charge in [-0.15, -0.1) is 0 Å². The largest absolute Gasteiger partial charge is 0.490 e. The lowest BCUT2D eigenvalue weighted by Gasteiger charge is -2.20. The highest BCUT2D eigenvalue weighted by molar-refractivity contribution is 6.32. The Morgan fingerprint density at radius 1 is 0.515 bits per heavy atom. The maximum atomic E-state index is 9.55. The molecule has 12 heteroatoms. The smallest absolute Gasteiger partial charge is 0.328 e. The normalized spacial score (nSPS) is 11.8. The van der Waals surface area contributed by atoms with Crippen LogP contribution in [-0.2, 0) is 19.1 Å². The fraction of sp³-hybridized carbons (Fsp3) is 0.259. The Balaban J connectivity index is 0.000000248. The van der Waals surface area contributed by atoms with Gasteiger partial charge in [-0.1, -0.05) is 157 Å². The molecule has 0 heterocycles. The monoisotopic (exact) mass is 934 g/mol. The lowest BCUT2D eigenvalue weighted by atomic mass is 10.0. The van der Waals surface area contributed by atoms with Crippen LogP contribution in [0.25, 0.3) is 0 Å². The predicted molar refractivity (Wildman–Crippen MR) is 264 cm³/mol. The van der Waals surface area contributed by atoms with Gasteiger partial charge in [0.1, 0.15) is 36.9 Å². The van der Waals surface area contributed by atoms with E-state index in [0.717, 1.165) is 58.0 Å². The summed E-state index contributed by atoms with van der Waals surface area (Å²) in [6.45, 7) is 12.0. The van der Waals surface area contributed by atoms with E-state index < -0.39 is 11.9 Å². The number of nitrogens with one attached hydrogen (secondary N) is 2. The third-order valence-electron chi connectivity index (χ3n) is 9.69. The van der Waals surface area contributed by atoms with Gasteiger partial charge < -0.3 is 39.8 Å². The van der Waals surface area contributed by atoms with Crippen LogP contribution in [0.1, 0.15) is 59.4 Å². The zero-order valence-corrected chi connectivity index (χ0v) is 39.3. The molecule has 0 saturated carbocycles. The standard InChI is InChI=1S/2C25H28ClNO2.C4H4O4/c2*1-19-13-14-23(26)24(17-19)29-18-20(2)27-15-16-28-25(21-9-5-3-6-10-21)22-11-7-4-8-12-22;5-3(6)1-2-4(7)8/h2*3-14,17,20,25,27H,15-16,18H2,1-2H3;1-2H,(H,5,6)(H,7,8)/b;;2-1+. The second-order valence-corrected chi connectivity index (χ2v) is 16.2. The van der Waals surface area contributed by atoms with Crippen LogP contribution in [0.15, 0.2) is 170 Å². The highest BCUT2D eigenvalue weighted by atomic mass is 35.5. The maximum Gasteiger partial charge on any atom is 0.328 e. The number of rotatable bonds is 22. The van der Waals surface area contributed by atoms with Gasteiger partial charge in [0, 0.05) is 37.3 Å². The van der Waals surface area contributed by atoms with Crippen LogP contribution in [-0.4, -0.2) is 73.8 Å². The van der Waals surface area contributed by atoms with Crippen LogP contribution >= 0.6 is 23.2 Å². The zero-order valence-electron chi connectivity index (χ0n) is 37.8. The summed E-state index contributed by atoms with van der Waals surface area (Å²) in [6.07, 6.45) is 0.971. The summed E-state index contributed by atoms with van der Waals surface area (Å²) in [5.41, 5.74) is 6.89.